The molecule has 2 rings (SSSR count). The molecule has 0 bridgehead atoms. The molecule has 0 saturated heterocycles. The van der Waals surface area contributed by atoms with E-state index < -0.39 is 4.92 Å². The van der Waals surface area contributed by atoms with Gasteiger partial charge in [-0.2, -0.15) is 4.98 Å². The molecule has 0 atom stereocenters. The van der Waals surface area contributed by atoms with Gasteiger partial charge in [-0.25, -0.2) is 4.98 Å². The van der Waals surface area contributed by atoms with Crippen LogP contribution in [0.25, 0.3) is 0 Å². The predicted molar refractivity (Wildman–Crippen MR) is 67.8 cm³/mol. The molecule has 98 valence electrons. The van der Waals surface area contributed by atoms with Crippen molar-refractivity contribution in [2.75, 3.05) is 5.32 Å². The van der Waals surface area contributed by atoms with E-state index in [1.165, 1.54) is 0 Å². The first kappa shape index (κ1) is 13.1. The molecule has 2 aromatic heterocycles. The zero-order chi connectivity index (χ0) is 13.8. The van der Waals surface area contributed by atoms with Crippen molar-refractivity contribution in [3.8, 4) is 0 Å². The number of hydrogen-bond acceptors (Lipinski definition) is 7. The second-order valence-corrected chi connectivity index (χ2v) is 3.97. The third-order valence-corrected chi connectivity index (χ3v) is 2.39. The monoisotopic (exact) mass is 280 g/mol. The van der Waals surface area contributed by atoms with Gasteiger partial charge in [-0.15, -0.1) is 0 Å². The number of nitrogens with zero attached hydrogens (tertiary/aromatic N) is 5. The molecule has 0 aromatic carbocycles. The van der Waals surface area contributed by atoms with Crippen LogP contribution in [0, 0.1) is 17.0 Å². The normalized spacial score (nSPS) is 10.2. The second kappa shape index (κ2) is 5.53. The molecular weight excluding hydrogens is 272 g/mol. The largest absolute Gasteiger partial charge is 0.358 e. The number of halogens is 1. The van der Waals surface area contributed by atoms with Gasteiger partial charge < -0.3 is 5.32 Å². The van der Waals surface area contributed by atoms with Crippen LogP contribution < -0.4 is 5.32 Å². The van der Waals surface area contributed by atoms with Crippen LogP contribution in [0.3, 0.4) is 0 Å². The fourth-order valence-corrected chi connectivity index (χ4v) is 1.44. The van der Waals surface area contributed by atoms with Gasteiger partial charge in [0.05, 0.1) is 29.1 Å². The average Bonchev–Trinajstić information content (AvgIpc) is 2.38. The van der Waals surface area contributed by atoms with Crippen LogP contribution in [0.2, 0.25) is 5.28 Å². The fraction of sp³-hybridized carbons (Fsp3) is 0.200. The molecular formula is C10H9ClN6O2. The Bertz CT molecular complexity index is 603. The minimum Gasteiger partial charge on any atom is -0.358 e. The molecule has 0 spiro atoms. The molecule has 0 unspecified atom stereocenters. The zero-order valence-electron chi connectivity index (χ0n) is 9.87. The number of nitro groups is 1. The Morgan fingerprint density at radius 3 is 2.74 bits per heavy atom. The maximum absolute atomic E-state index is 10.8. The molecule has 0 aliphatic rings. The van der Waals surface area contributed by atoms with Crippen molar-refractivity contribution in [1.29, 1.82) is 0 Å². The van der Waals surface area contributed by atoms with Crippen LogP contribution in [-0.4, -0.2) is 24.9 Å². The highest BCUT2D eigenvalue weighted by atomic mass is 35.5. The number of rotatable bonds is 4. The van der Waals surface area contributed by atoms with Crippen LogP contribution in [0.1, 0.15) is 11.4 Å². The van der Waals surface area contributed by atoms with Crippen LogP contribution >= 0.6 is 11.6 Å². The molecule has 2 heterocycles. The maximum Gasteiger partial charge on any atom is 0.329 e. The number of aryl methyl sites for hydroxylation is 1. The van der Waals surface area contributed by atoms with E-state index in [0.29, 0.717) is 5.69 Å². The molecule has 0 saturated carbocycles. The molecule has 8 nitrogen and oxygen atoms in total. The van der Waals surface area contributed by atoms with Gasteiger partial charge in [-0.3, -0.25) is 20.1 Å². The molecule has 0 aliphatic carbocycles. The Hall–Kier alpha value is -2.35. The van der Waals surface area contributed by atoms with Gasteiger partial charge in [-0.1, -0.05) is 0 Å². The topological polar surface area (TPSA) is 107 Å². The van der Waals surface area contributed by atoms with Crippen molar-refractivity contribution in [1.82, 2.24) is 19.9 Å². The molecule has 2 aromatic rings. The number of nitrogens with one attached hydrogen (secondary N) is 1. The first-order chi connectivity index (χ1) is 9.06. The van der Waals surface area contributed by atoms with Crippen LogP contribution in [0.5, 0.6) is 0 Å². The molecule has 0 aliphatic heterocycles. The van der Waals surface area contributed by atoms with E-state index in [1.54, 1.807) is 12.4 Å². The van der Waals surface area contributed by atoms with E-state index in [4.69, 9.17) is 11.6 Å². The summed E-state index contributed by atoms with van der Waals surface area (Å²) in [5.74, 6) is 0.0485. The zero-order valence-corrected chi connectivity index (χ0v) is 10.6. The summed E-state index contributed by atoms with van der Waals surface area (Å²) in [6.45, 7) is 2.07. The van der Waals surface area contributed by atoms with E-state index in [0.717, 1.165) is 11.9 Å². The van der Waals surface area contributed by atoms with Crippen LogP contribution in [0.15, 0.2) is 18.6 Å². The highest BCUT2D eigenvalue weighted by molar-refractivity contribution is 6.28. The minimum atomic E-state index is -0.584. The summed E-state index contributed by atoms with van der Waals surface area (Å²) < 4.78 is 0. The number of hydrogen-bond donors (Lipinski definition) is 1. The standard InChI is InChI=1S/C10H9ClN6O2/c1-6-2-13-7(3-12-6)4-14-9-8(17(18)19)5-15-10(11)16-9/h2-3,5H,4H2,1H3,(H,14,15,16). The third kappa shape index (κ3) is 3.32. The summed E-state index contributed by atoms with van der Waals surface area (Å²) in [5.41, 5.74) is 1.18. The lowest BCUT2D eigenvalue weighted by molar-refractivity contribution is -0.384. The Balaban J connectivity index is 2.16. The summed E-state index contributed by atoms with van der Waals surface area (Å²) in [6, 6.07) is 0. The summed E-state index contributed by atoms with van der Waals surface area (Å²) in [4.78, 5) is 25.8. The van der Waals surface area contributed by atoms with E-state index in [1.807, 2.05) is 6.92 Å². The second-order valence-electron chi connectivity index (χ2n) is 3.63. The van der Waals surface area contributed by atoms with Gasteiger partial charge in [0.2, 0.25) is 11.1 Å². The molecule has 1 N–H and O–H groups in total. The quantitative estimate of drug-likeness (QED) is 0.516. The minimum absolute atomic E-state index is 0.0485. The SMILES string of the molecule is Cc1cnc(CNc2nc(Cl)ncc2[N+](=O)[O-])cn1. The van der Waals surface area contributed by atoms with Crippen molar-refractivity contribution in [3.63, 3.8) is 0 Å². The molecule has 0 radical (unpaired) electrons. The van der Waals surface area contributed by atoms with E-state index in [9.17, 15) is 10.1 Å². The smallest absolute Gasteiger partial charge is 0.329 e. The van der Waals surface area contributed by atoms with Gasteiger partial charge in [0.1, 0.15) is 6.20 Å². The maximum atomic E-state index is 10.8. The van der Waals surface area contributed by atoms with Crippen LogP contribution in [0.4, 0.5) is 11.5 Å². The fourth-order valence-electron chi connectivity index (χ4n) is 1.30. The van der Waals surface area contributed by atoms with Gasteiger partial charge in [-0.05, 0) is 18.5 Å². The summed E-state index contributed by atoms with van der Waals surface area (Å²) in [6.07, 6.45) is 4.24. The van der Waals surface area contributed by atoms with E-state index >= 15 is 0 Å². The molecule has 0 amide bonds. The van der Waals surface area contributed by atoms with Gasteiger partial charge in [0.25, 0.3) is 0 Å². The van der Waals surface area contributed by atoms with Crippen LogP contribution in [-0.2, 0) is 6.54 Å². The lowest BCUT2D eigenvalue weighted by atomic mass is 10.4. The van der Waals surface area contributed by atoms with Gasteiger partial charge >= 0.3 is 5.69 Å². The van der Waals surface area contributed by atoms with Gasteiger partial charge in [0.15, 0.2) is 0 Å². The summed E-state index contributed by atoms with van der Waals surface area (Å²) >= 11 is 5.61. The van der Waals surface area contributed by atoms with Crippen molar-refractivity contribution in [2.24, 2.45) is 0 Å². The molecule has 19 heavy (non-hydrogen) atoms. The number of aromatic nitrogens is 4. The van der Waals surface area contributed by atoms with Crippen molar-refractivity contribution in [2.45, 2.75) is 13.5 Å². The molecule has 0 fully saturated rings. The first-order valence-electron chi connectivity index (χ1n) is 5.24. The predicted octanol–water partition coefficient (Wildman–Crippen LogP) is 1.75. The lowest BCUT2D eigenvalue weighted by Gasteiger charge is -2.05. The first-order valence-corrected chi connectivity index (χ1v) is 5.62. The van der Waals surface area contributed by atoms with E-state index in [2.05, 4.69) is 25.3 Å². The van der Waals surface area contributed by atoms with Crippen molar-refractivity contribution in [3.05, 3.63) is 45.4 Å². The number of anilines is 1. The highest BCUT2D eigenvalue weighted by Crippen LogP contribution is 2.22. The molecule has 9 heteroatoms. The third-order valence-electron chi connectivity index (χ3n) is 2.21. The van der Waals surface area contributed by atoms with Crippen molar-refractivity contribution >= 4 is 23.1 Å². The van der Waals surface area contributed by atoms with Gasteiger partial charge in [0, 0.05) is 6.20 Å². The summed E-state index contributed by atoms with van der Waals surface area (Å²) in [7, 11) is 0. The summed E-state index contributed by atoms with van der Waals surface area (Å²) in [5, 5.41) is 13.5. The highest BCUT2D eigenvalue weighted by Gasteiger charge is 2.16. The Morgan fingerprint density at radius 1 is 1.32 bits per heavy atom. The van der Waals surface area contributed by atoms with E-state index in [-0.39, 0.29) is 23.3 Å². The Labute approximate surface area is 113 Å². The Kier molecular flexibility index (Phi) is 3.81. The van der Waals surface area contributed by atoms with Crippen molar-refractivity contribution < 1.29 is 4.92 Å². The lowest BCUT2D eigenvalue weighted by Crippen LogP contribution is -2.07. The average molecular weight is 281 g/mol. The Morgan fingerprint density at radius 2 is 2.11 bits per heavy atom.